The molecule has 1 aliphatic carbocycles. The first-order chi connectivity index (χ1) is 23.2. The predicted molar refractivity (Wildman–Crippen MR) is 199 cm³/mol. The second-order valence-electron chi connectivity index (χ2n) is 15.8. The lowest BCUT2D eigenvalue weighted by atomic mass is 9.61. The van der Waals surface area contributed by atoms with E-state index in [0.29, 0.717) is 41.9 Å². The first kappa shape index (κ1) is 38.1. The number of unbranched alkanes of at least 4 members (excludes halogenated alkanes) is 2. The maximum absolute atomic E-state index is 12.5. The lowest BCUT2D eigenvalue weighted by molar-refractivity contribution is -0.115. The Morgan fingerprint density at radius 3 is 1.50 bits per heavy atom. The summed E-state index contributed by atoms with van der Waals surface area (Å²) in [5.74, 6) is -2.20. The van der Waals surface area contributed by atoms with Crippen LogP contribution in [0.5, 0.6) is 0 Å². The van der Waals surface area contributed by atoms with Gasteiger partial charge in [-0.25, -0.2) is 0 Å². The van der Waals surface area contributed by atoms with Crippen LogP contribution >= 0.6 is 0 Å². The number of aliphatic hydroxyl groups is 2. The third-order valence-electron chi connectivity index (χ3n) is 12.0. The van der Waals surface area contributed by atoms with E-state index in [0.717, 1.165) is 41.9 Å². The van der Waals surface area contributed by atoms with Gasteiger partial charge in [-0.3, -0.25) is 14.1 Å². The smallest absolute Gasteiger partial charge is 0.264 e. The maximum atomic E-state index is 12.5. The molecule has 0 aromatic heterocycles. The van der Waals surface area contributed by atoms with Gasteiger partial charge in [-0.15, -0.1) is 0 Å². The average molecular weight is 713 g/mol. The predicted octanol–water partition coefficient (Wildman–Crippen LogP) is 5.65. The number of fused-ring (bicyclic) bond motifs is 2. The van der Waals surface area contributed by atoms with E-state index in [9.17, 15) is 32.8 Å². The first-order valence-corrected chi connectivity index (χ1v) is 19.6. The van der Waals surface area contributed by atoms with Crippen molar-refractivity contribution >= 4 is 44.7 Å². The number of carbonyl (C=O) groups excluding carboxylic acids is 2. The molecule has 2 aliphatic heterocycles. The molecular weight excluding hydrogens is 657 g/mol. The van der Waals surface area contributed by atoms with E-state index in [1.165, 1.54) is 13.8 Å². The third-order valence-corrected chi connectivity index (χ3v) is 12.8. The number of anilines is 4. The number of nitrogens with zero attached hydrogens (tertiary/aromatic N) is 2. The van der Waals surface area contributed by atoms with E-state index >= 15 is 0 Å². The SMILES string of the molecule is CCCCN1c2cc(NC(C)=O)c(C3C(O)C(c4cc5c(cc4NC(C)=O)N(CCCCS(=O)(=O)O)C(C)C5(C)C)C3O)cc2C(C)(C)C1C. The minimum absolute atomic E-state index is 0.0295. The largest absolute Gasteiger partial charge is 0.392 e. The number of nitrogens with one attached hydrogen (secondary N) is 2. The van der Waals surface area contributed by atoms with Crippen LogP contribution in [0.15, 0.2) is 24.3 Å². The van der Waals surface area contributed by atoms with Gasteiger partial charge in [-0.2, -0.15) is 8.42 Å². The van der Waals surface area contributed by atoms with Gasteiger partial charge in [0.25, 0.3) is 10.1 Å². The highest BCUT2D eigenvalue weighted by Gasteiger charge is 2.54. The van der Waals surface area contributed by atoms with Crippen molar-refractivity contribution in [3.63, 3.8) is 0 Å². The van der Waals surface area contributed by atoms with Crippen molar-refractivity contribution in [2.75, 3.05) is 39.3 Å². The fourth-order valence-corrected chi connectivity index (χ4v) is 9.04. The number of carbonyl (C=O) groups is 2. The molecule has 5 rings (SSSR count). The lowest BCUT2D eigenvalue weighted by Crippen LogP contribution is -2.52. The monoisotopic (exact) mass is 712 g/mol. The van der Waals surface area contributed by atoms with Crippen LogP contribution in [0.4, 0.5) is 22.7 Å². The summed E-state index contributed by atoms with van der Waals surface area (Å²) in [7, 11) is -4.05. The minimum atomic E-state index is -4.05. The van der Waals surface area contributed by atoms with Crippen LogP contribution in [-0.2, 0) is 30.5 Å². The van der Waals surface area contributed by atoms with E-state index in [1.807, 2.05) is 18.2 Å². The first-order valence-electron chi connectivity index (χ1n) is 18.0. The van der Waals surface area contributed by atoms with Crippen LogP contribution in [0.3, 0.4) is 0 Å². The summed E-state index contributed by atoms with van der Waals surface area (Å²) in [6, 6.07) is 8.22. The summed E-state index contributed by atoms with van der Waals surface area (Å²) in [6.07, 6.45) is 0.952. The molecule has 11 nitrogen and oxygen atoms in total. The Hall–Kier alpha value is -3.19. The van der Waals surface area contributed by atoms with E-state index in [4.69, 9.17) is 0 Å². The van der Waals surface area contributed by atoms with Gasteiger partial charge in [0.1, 0.15) is 0 Å². The Bertz CT molecular complexity index is 1750. The van der Waals surface area contributed by atoms with Crippen molar-refractivity contribution < 1.29 is 32.8 Å². The lowest BCUT2D eigenvalue weighted by Gasteiger charge is -2.48. The molecule has 5 N–H and O–H groups in total. The van der Waals surface area contributed by atoms with Gasteiger partial charge in [-0.1, -0.05) is 53.2 Å². The molecule has 276 valence electrons. The van der Waals surface area contributed by atoms with Gasteiger partial charge in [0.15, 0.2) is 0 Å². The molecule has 0 spiro atoms. The second kappa shape index (κ2) is 13.7. The minimum Gasteiger partial charge on any atom is -0.392 e. The summed E-state index contributed by atoms with van der Waals surface area (Å²) in [5.41, 5.74) is 5.97. The summed E-state index contributed by atoms with van der Waals surface area (Å²) >= 11 is 0. The number of amides is 2. The van der Waals surface area contributed by atoms with E-state index in [2.05, 4.69) is 75.0 Å². The number of hydrogen-bond donors (Lipinski definition) is 5. The van der Waals surface area contributed by atoms with Crippen molar-refractivity contribution in [2.24, 2.45) is 0 Å². The molecule has 4 atom stereocenters. The molecule has 4 unspecified atom stereocenters. The summed E-state index contributed by atoms with van der Waals surface area (Å²) in [6.45, 7) is 19.5. The molecule has 0 saturated heterocycles. The van der Waals surface area contributed by atoms with E-state index < -0.39 is 34.2 Å². The Morgan fingerprint density at radius 1 is 0.740 bits per heavy atom. The molecule has 2 heterocycles. The van der Waals surface area contributed by atoms with Crippen molar-refractivity contribution in [3.8, 4) is 0 Å². The Balaban J connectivity index is 1.53. The third kappa shape index (κ3) is 6.76. The Morgan fingerprint density at radius 2 is 1.14 bits per heavy atom. The molecule has 0 radical (unpaired) electrons. The number of rotatable bonds is 12. The standard InChI is InChI=1S/C38H56N4O7S/c1-10-11-14-41-21(2)37(6,7)27-17-25(29(19-31(27)41)39-23(4)43)33-35(45)34(36(33)46)26-18-28-32(20-30(26)40-24(5)44)42(22(3)38(28,8)9)15-12-13-16-50(47,48)49/h17-22,33-36,45-46H,10-16H2,1-9H3,(H,39,43)(H,40,44)(H,47,48,49). The number of aliphatic hydroxyl groups excluding tert-OH is 2. The molecule has 3 aliphatic rings. The quantitative estimate of drug-likeness (QED) is 0.139. The highest BCUT2D eigenvalue weighted by Crippen LogP contribution is 2.56. The van der Waals surface area contributed by atoms with Crippen LogP contribution in [0, 0.1) is 0 Å². The molecule has 2 amide bonds. The van der Waals surface area contributed by atoms with E-state index in [-0.39, 0.29) is 40.5 Å². The molecule has 2 aromatic carbocycles. The highest BCUT2D eigenvalue weighted by molar-refractivity contribution is 7.85. The summed E-state index contributed by atoms with van der Waals surface area (Å²) in [5, 5.41) is 29.9. The second-order valence-corrected chi connectivity index (χ2v) is 17.4. The zero-order valence-electron chi connectivity index (χ0n) is 31.0. The molecule has 0 bridgehead atoms. The molecule has 2 aromatic rings. The number of benzene rings is 2. The van der Waals surface area contributed by atoms with Gasteiger partial charge in [0.05, 0.1) is 18.0 Å². The molecule has 1 saturated carbocycles. The van der Waals surface area contributed by atoms with Gasteiger partial charge in [0, 0.05) is 84.4 Å². The van der Waals surface area contributed by atoms with Gasteiger partial charge >= 0.3 is 0 Å². The van der Waals surface area contributed by atoms with Crippen LogP contribution in [0.25, 0.3) is 0 Å². The van der Waals surface area contributed by atoms with Gasteiger partial charge < -0.3 is 30.6 Å². The highest BCUT2D eigenvalue weighted by atomic mass is 32.2. The zero-order chi connectivity index (χ0) is 37.1. The molecular formula is C38H56N4O7S. The van der Waals surface area contributed by atoms with Gasteiger partial charge in [0.2, 0.25) is 11.8 Å². The van der Waals surface area contributed by atoms with Crippen molar-refractivity contribution in [1.29, 1.82) is 0 Å². The Kier molecular flexibility index (Phi) is 10.5. The molecule has 50 heavy (non-hydrogen) atoms. The average Bonchev–Trinajstić information content (AvgIpc) is 3.30. The maximum Gasteiger partial charge on any atom is 0.264 e. The fourth-order valence-electron chi connectivity index (χ4n) is 8.48. The summed E-state index contributed by atoms with van der Waals surface area (Å²) in [4.78, 5) is 29.5. The molecule has 12 heteroatoms. The normalized spacial score (nSPS) is 26.3. The summed E-state index contributed by atoms with van der Waals surface area (Å²) < 4.78 is 31.8. The van der Waals surface area contributed by atoms with Crippen LogP contribution < -0.4 is 20.4 Å². The van der Waals surface area contributed by atoms with Crippen molar-refractivity contribution in [1.82, 2.24) is 0 Å². The van der Waals surface area contributed by atoms with Crippen LogP contribution in [-0.4, -0.2) is 78.1 Å². The Labute approximate surface area is 297 Å². The number of hydrogen-bond acceptors (Lipinski definition) is 8. The van der Waals surface area contributed by atoms with E-state index in [1.54, 1.807) is 0 Å². The topological polar surface area (TPSA) is 160 Å². The molecule has 1 fully saturated rings. The van der Waals surface area contributed by atoms with Crippen molar-refractivity contribution in [3.05, 3.63) is 46.5 Å². The van der Waals surface area contributed by atoms with Crippen LogP contribution in [0.2, 0.25) is 0 Å². The van der Waals surface area contributed by atoms with Gasteiger partial charge in [-0.05, 0) is 67.5 Å². The zero-order valence-corrected chi connectivity index (χ0v) is 31.8. The van der Waals surface area contributed by atoms with Crippen LogP contribution in [0.1, 0.15) is 122 Å². The fraction of sp³-hybridized carbons (Fsp3) is 0.632. The van der Waals surface area contributed by atoms with Crippen molar-refractivity contribution in [2.45, 2.75) is 135 Å².